The average molecular weight is 513 g/mol. The predicted molar refractivity (Wildman–Crippen MR) is 152 cm³/mol. The zero-order valence-corrected chi connectivity index (χ0v) is 22.4. The summed E-state index contributed by atoms with van der Waals surface area (Å²) in [5.74, 6) is -0.352. The summed E-state index contributed by atoms with van der Waals surface area (Å²) in [5, 5.41) is 3.35. The van der Waals surface area contributed by atoms with Crippen molar-refractivity contribution in [3.63, 3.8) is 0 Å². The lowest BCUT2D eigenvalue weighted by molar-refractivity contribution is -0.147. The lowest BCUT2D eigenvalue weighted by Crippen LogP contribution is -2.32. The van der Waals surface area contributed by atoms with Crippen LogP contribution >= 0.6 is 11.3 Å². The van der Waals surface area contributed by atoms with Gasteiger partial charge in [0.15, 0.2) is 0 Å². The highest BCUT2D eigenvalue weighted by Crippen LogP contribution is 2.31. The Bertz CT molecular complexity index is 1610. The zero-order chi connectivity index (χ0) is 25.9. The summed E-state index contributed by atoms with van der Waals surface area (Å²) in [5.41, 5.74) is 6.02. The van der Waals surface area contributed by atoms with Crippen molar-refractivity contribution in [3.8, 4) is 0 Å². The third-order valence-corrected chi connectivity index (χ3v) is 7.98. The van der Waals surface area contributed by atoms with E-state index in [1.807, 2.05) is 47.9 Å². The first kappa shape index (κ1) is 25.0. The number of nitrogens with zero attached hydrogens (tertiary/aromatic N) is 2. The van der Waals surface area contributed by atoms with Crippen LogP contribution in [0.5, 0.6) is 0 Å². The van der Waals surface area contributed by atoms with Gasteiger partial charge in [-0.1, -0.05) is 48.5 Å². The van der Waals surface area contributed by atoms with Crippen LogP contribution < -0.4 is 5.69 Å². The van der Waals surface area contributed by atoms with E-state index >= 15 is 0 Å². The van der Waals surface area contributed by atoms with Gasteiger partial charge in [0.25, 0.3) is 0 Å². The second-order valence-electron chi connectivity index (χ2n) is 9.59. The lowest BCUT2D eigenvalue weighted by Gasteiger charge is -2.17. The molecule has 0 amide bonds. The van der Waals surface area contributed by atoms with Crippen LogP contribution in [0.2, 0.25) is 0 Å². The minimum atomic E-state index is -0.678. The van der Waals surface area contributed by atoms with Gasteiger partial charge in [-0.2, -0.15) is 0 Å². The Kier molecular flexibility index (Phi) is 7.28. The van der Waals surface area contributed by atoms with Crippen LogP contribution in [0.15, 0.2) is 76.9 Å². The third-order valence-electron chi connectivity index (χ3n) is 6.99. The Morgan fingerprint density at radius 1 is 1.00 bits per heavy atom. The van der Waals surface area contributed by atoms with Gasteiger partial charge in [-0.05, 0) is 85.9 Å². The van der Waals surface area contributed by atoms with Gasteiger partial charge in [-0.3, -0.25) is 9.13 Å². The molecule has 0 saturated heterocycles. The summed E-state index contributed by atoms with van der Waals surface area (Å²) in [6.07, 6.45) is 2.14. The molecule has 0 unspecified atom stereocenters. The number of carbonyl (C=O) groups excluding carboxylic acids is 1. The SMILES string of the molecule is CCOC(=O)[C@H](CCCc1ccccc1)n1c(=O)n(Cc2csc3cccc(C)c23)c2ccc(C)cc21. The number of esters is 1. The van der Waals surface area contributed by atoms with Gasteiger partial charge in [0.05, 0.1) is 24.2 Å². The molecule has 37 heavy (non-hydrogen) atoms. The lowest BCUT2D eigenvalue weighted by atomic mass is 10.0. The van der Waals surface area contributed by atoms with Gasteiger partial charge >= 0.3 is 11.7 Å². The van der Waals surface area contributed by atoms with Crippen molar-refractivity contribution in [1.29, 1.82) is 0 Å². The molecule has 190 valence electrons. The van der Waals surface area contributed by atoms with Crippen LogP contribution in [0.25, 0.3) is 21.1 Å². The largest absolute Gasteiger partial charge is 0.464 e. The van der Waals surface area contributed by atoms with Crippen molar-refractivity contribution >= 4 is 38.4 Å². The number of imidazole rings is 1. The Balaban J connectivity index is 1.57. The molecule has 3 aromatic carbocycles. The Morgan fingerprint density at radius 2 is 1.81 bits per heavy atom. The summed E-state index contributed by atoms with van der Waals surface area (Å²) in [7, 11) is 0. The van der Waals surface area contributed by atoms with Crippen molar-refractivity contribution in [2.75, 3.05) is 6.61 Å². The van der Waals surface area contributed by atoms with Crippen molar-refractivity contribution < 1.29 is 9.53 Å². The number of aromatic nitrogens is 2. The molecular weight excluding hydrogens is 480 g/mol. The number of benzene rings is 3. The molecule has 0 spiro atoms. The van der Waals surface area contributed by atoms with Crippen LogP contribution in [-0.4, -0.2) is 21.7 Å². The molecular formula is C31H32N2O3S. The van der Waals surface area contributed by atoms with Crippen molar-refractivity contribution in [2.24, 2.45) is 0 Å². The van der Waals surface area contributed by atoms with Crippen molar-refractivity contribution in [2.45, 2.75) is 52.6 Å². The van der Waals surface area contributed by atoms with Gasteiger partial charge in [-0.25, -0.2) is 9.59 Å². The van der Waals surface area contributed by atoms with Crippen molar-refractivity contribution in [3.05, 3.63) is 105 Å². The summed E-state index contributed by atoms with van der Waals surface area (Å²) >= 11 is 1.70. The standard InChI is InChI=1S/C31H32N2O3S/c1-4-36-30(34)26(14-9-13-23-11-6-5-7-12-23)33-27-18-21(2)16-17-25(27)32(31(33)35)19-24-20-37-28-15-8-10-22(3)29(24)28/h5-8,10-12,15-18,20,26H,4,9,13-14,19H2,1-3H3/t26-/m0/s1. The predicted octanol–water partition coefficient (Wildman–Crippen LogP) is 6.81. The number of carbonyl (C=O) groups is 1. The van der Waals surface area contributed by atoms with Gasteiger partial charge in [0, 0.05) is 10.1 Å². The van der Waals surface area contributed by atoms with E-state index in [2.05, 4.69) is 42.6 Å². The number of fused-ring (bicyclic) bond motifs is 2. The van der Waals surface area contributed by atoms with E-state index in [1.165, 1.54) is 21.2 Å². The number of thiophene rings is 1. The fourth-order valence-corrected chi connectivity index (χ4v) is 6.24. The summed E-state index contributed by atoms with van der Waals surface area (Å²) in [4.78, 5) is 27.3. The minimum Gasteiger partial charge on any atom is -0.464 e. The highest BCUT2D eigenvalue weighted by atomic mass is 32.1. The smallest absolute Gasteiger partial charge is 0.330 e. The maximum Gasteiger partial charge on any atom is 0.330 e. The molecule has 6 heteroatoms. The average Bonchev–Trinajstić information content (AvgIpc) is 3.42. The normalized spacial score (nSPS) is 12.3. The maximum atomic E-state index is 14.1. The monoisotopic (exact) mass is 512 g/mol. The van der Waals surface area contributed by atoms with Crippen LogP contribution in [0.1, 0.15) is 48.1 Å². The summed E-state index contributed by atoms with van der Waals surface area (Å²) in [6.45, 7) is 6.66. The molecule has 0 aliphatic heterocycles. The van der Waals surface area contributed by atoms with E-state index in [0.29, 0.717) is 13.0 Å². The van der Waals surface area contributed by atoms with Crippen LogP contribution in [0.4, 0.5) is 0 Å². The van der Waals surface area contributed by atoms with E-state index in [4.69, 9.17) is 4.74 Å². The second-order valence-corrected chi connectivity index (χ2v) is 10.5. The Labute approximate surface area is 220 Å². The fourth-order valence-electron chi connectivity index (χ4n) is 5.21. The van der Waals surface area contributed by atoms with E-state index in [-0.39, 0.29) is 18.3 Å². The van der Waals surface area contributed by atoms with E-state index in [1.54, 1.807) is 22.8 Å². The maximum absolute atomic E-state index is 14.1. The summed E-state index contributed by atoms with van der Waals surface area (Å²) < 4.78 is 10.2. The second kappa shape index (κ2) is 10.8. The first-order valence-electron chi connectivity index (χ1n) is 12.9. The molecule has 0 aliphatic rings. The molecule has 5 rings (SSSR count). The number of aryl methyl sites for hydroxylation is 3. The van der Waals surface area contributed by atoms with Crippen LogP contribution in [-0.2, 0) is 22.5 Å². The van der Waals surface area contributed by atoms with Crippen molar-refractivity contribution in [1.82, 2.24) is 9.13 Å². The molecule has 5 nitrogen and oxygen atoms in total. The number of hydrogen-bond acceptors (Lipinski definition) is 4. The molecule has 1 atom stereocenters. The number of rotatable bonds is 9. The first-order valence-corrected chi connectivity index (χ1v) is 13.7. The quantitative estimate of drug-likeness (QED) is 0.204. The highest BCUT2D eigenvalue weighted by Gasteiger charge is 2.28. The highest BCUT2D eigenvalue weighted by molar-refractivity contribution is 7.17. The molecule has 5 aromatic rings. The summed E-state index contributed by atoms with van der Waals surface area (Å²) in [6, 6.07) is 21.9. The molecule has 0 saturated carbocycles. The van der Waals surface area contributed by atoms with Gasteiger partial charge < -0.3 is 4.74 Å². The molecule has 0 fully saturated rings. The zero-order valence-electron chi connectivity index (χ0n) is 21.6. The molecule has 0 aliphatic carbocycles. The number of ether oxygens (including phenoxy) is 1. The molecule has 0 radical (unpaired) electrons. The van der Waals surface area contributed by atoms with Gasteiger partial charge in [-0.15, -0.1) is 11.3 Å². The third kappa shape index (κ3) is 4.98. The van der Waals surface area contributed by atoms with Gasteiger partial charge in [0.1, 0.15) is 6.04 Å². The van der Waals surface area contributed by atoms with E-state index < -0.39 is 6.04 Å². The van der Waals surface area contributed by atoms with E-state index in [9.17, 15) is 9.59 Å². The van der Waals surface area contributed by atoms with Gasteiger partial charge in [0.2, 0.25) is 0 Å². The Hall–Kier alpha value is -3.64. The first-order chi connectivity index (χ1) is 18.0. The fraction of sp³-hybridized carbons (Fsp3) is 0.290. The topological polar surface area (TPSA) is 53.2 Å². The molecule has 0 bridgehead atoms. The van der Waals surface area contributed by atoms with Crippen LogP contribution in [0, 0.1) is 13.8 Å². The van der Waals surface area contributed by atoms with Crippen LogP contribution in [0.3, 0.4) is 0 Å². The Morgan fingerprint density at radius 3 is 2.59 bits per heavy atom. The molecule has 2 heterocycles. The number of hydrogen-bond donors (Lipinski definition) is 0. The molecule has 2 aromatic heterocycles. The molecule has 0 N–H and O–H groups in total. The van der Waals surface area contributed by atoms with E-state index in [0.717, 1.165) is 35.0 Å². The minimum absolute atomic E-state index is 0.175.